The Morgan fingerprint density at radius 3 is 3.31 bits per heavy atom. The van der Waals surface area contributed by atoms with Gasteiger partial charge in [0.25, 0.3) is 0 Å². The first kappa shape index (κ1) is 9.47. The lowest BCUT2D eigenvalue weighted by Crippen LogP contribution is -2.35. The zero-order chi connectivity index (χ0) is 11.0. The number of ketones is 1. The van der Waals surface area contributed by atoms with Crippen LogP contribution in [-0.2, 0) is 4.79 Å². The Balaban J connectivity index is 2.08. The van der Waals surface area contributed by atoms with Crippen molar-refractivity contribution in [2.45, 2.75) is 12.3 Å². The molecule has 3 rings (SSSR count). The quantitative estimate of drug-likeness (QED) is 0.748. The molecule has 2 aromatic heterocycles. The molecule has 1 aliphatic rings. The van der Waals surface area contributed by atoms with Crippen molar-refractivity contribution in [3.05, 3.63) is 30.4 Å². The van der Waals surface area contributed by atoms with Gasteiger partial charge in [-0.1, -0.05) is 0 Å². The fourth-order valence-corrected chi connectivity index (χ4v) is 2.20. The second kappa shape index (κ2) is 3.68. The summed E-state index contributed by atoms with van der Waals surface area (Å²) in [5, 5.41) is 7.34. The standard InChI is InChI=1S/C11H12N4O/c16-11-1-3-12-5-9(11)8-2-4-15-10(8)6-13-7-14-15/h2,4,6-7,9,12H,1,3,5H2. The minimum absolute atomic E-state index is 0.0512. The van der Waals surface area contributed by atoms with Crippen LogP contribution >= 0.6 is 0 Å². The van der Waals surface area contributed by atoms with Gasteiger partial charge in [-0.15, -0.1) is 0 Å². The first-order chi connectivity index (χ1) is 7.86. The predicted octanol–water partition coefficient (Wildman–Crippen LogP) is 0.375. The van der Waals surface area contributed by atoms with Crippen LogP contribution in [0.3, 0.4) is 0 Å². The Labute approximate surface area is 92.5 Å². The van der Waals surface area contributed by atoms with E-state index in [0.717, 1.165) is 17.6 Å². The molecule has 1 fully saturated rings. The molecular formula is C11H12N4O. The number of Topliss-reactive ketones (excluding diaryl/α,β-unsaturated/α-hetero) is 1. The van der Waals surface area contributed by atoms with Crippen LogP contribution in [0.5, 0.6) is 0 Å². The number of aromatic nitrogens is 3. The molecule has 5 nitrogen and oxygen atoms in total. The minimum atomic E-state index is -0.0512. The van der Waals surface area contributed by atoms with E-state index in [4.69, 9.17) is 0 Å². The Kier molecular flexibility index (Phi) is 2.18. The normalized spacial score (nSPS) is 21.5. The van der Waals surface area contributed by atoms with Gasteiger partial charge in [-0.2, -0.15) is 5.10 Å². The number of carbonyl (C=O) groups is 1. The third-order valence-electron chi connectivity index (χ3n) is 3.04. The topological polar surface area (TPSA) is 59.3 Å². The Hall–Kier alpha value is -1.75. The highest BCUT2D eigenvalue weighted by Gasteiger charge is 2.25. The lowest BCUT2D eigenvalue weighted by Gasteiger charge is -2.21. The largest absolute Gasteiger partial charge is 0.315 e. The molecule has 2 aromatic rings. The molecule has 0 bridgehead atoms. The van der Waals surface area contributed by atoms with Crippen molar-refractivity contribution in [1.82, 2.24) is 19.9 Å². The molecule has 0 aliphatic carbocycles. The number of nitrogens with one attached hydrogen (secondary N) is 1. The van der Waals surface area contributed by atoms with E-state index < -0.39 is 0 Å². The van der Waals surface area contributed by atoms with Gasteiger partial charge in [0.2, 0.25) is 0 Å². The van der Waals surface area contributed by atoms with Gasteiger partial charge in [0.05, 0.1) is 17.6 Å². The maximum Gasteiger partial charge on any atom is 0.142 e. The van der Waals surface area contributed by atoms with Gasteiger partial charge in [-0.05, 0) is 11.6 Å². The summed E-state index contributed by atoms with van der Waals surface area (Å²) < 4.78 is 1.75. The molecule has 0 aromatic carbocycles. The highest BCUT2D eigenvalue weighted by molar-refractivity contribution is 5.89. The second-order valence-electron chi connectivity index (χ2n) is 3.98. The van der Waals surface area contributed by atoms with Crippen molar-refractivity contribution < 1.29 is 4.79 Å². The van der Waals surface area contributed by atoms with Gasteiger partial charge < -0.3 is 5.32 Å². The van der Waals surface area contributed by atoms with Gasteiger partial charge in [0, 0.05) is 25.7 Å². The highest BCUT2D eigenvalue weighted by atomic mass is 16.1. The van der Waals surface area contributed by atoms with E-state index in [1.165, 1.54) is 6.33 Å². The van der Waals surface area contributed by atoms with Crippen LogP contribution in [0.25, 0.3) is 5.52 Å². The lowest BCUT2D eigenvalue weighted by molar-refractivity contribution is -0.121. The van der Waals surface area contributed by atoms with E-state index in [1.807, 2.05) is 12.3 Å². The summed E-state index contributed by atoms with van der Waals surface area (Å²) in [4.78, 5) is 15.8. The Morgan fingerprint density at radius 1 is 1.50 bits per heavy atom. The fraction of sp³-hybridized carbons (Fsp3) is 0.364. The molecule has 3 heterocycles. The van der Waals surface area contributed by atoms with E-state index >= 15 is 0 Å². The van der Waals surface area contributed by atoms with Crippen LogP contribution in [0.15, 0.2) is 24.8 Å². The zero-order valence-corrected chi connectivity index (χ0v) is 8.76. The molecule has 1 saturated heterocycles. The lowest BCUT2D eigenvalue weighted by atomic mass is 9.91. The van der Waals surface area contributed by atoms with Crippen LogP contribution in [-0.4, -0.2) is 33.5 Å². The van der Waals surface area contributed by atoms with Crippen LogP contribution in [0.1, 0.15) is 17.9 Å². The van der Waals surface area contributed by atoms with Gasteiger partial charge in [0.1, 0.15) is 12.1 Å². The van der Waals surface area contributed by atoms with Crippen LogP contribution in [0.4, 0.5) is 0 Å². The SMILES string of the molecule is O=C1CCNCC1c1ccn2ncncc12. The van der Waals surface area contributed by atoms with E-state index in [1.54, 1.807) is 10.7 Å². The van der Waals surface area contributed by atoms with Crippen molar-refractivity contribution in [1.29, 1.82) is 0 Å². The molecular weight excluding hydrogens is 204 g/mol. The van der Waals surface area contributed by atoms with Crippen molar-refractivity contribution in [3.63, 3.8) is 0 Å². The summed E-state index contributed by atoms with van der Waals surface area (Å²) in [7, 11) is 0. The second-order valence-corrected chi connectivity index (χ2v) is 3.98. The van der Waals surface area contributed by atoms with Gasteiger partial charge in [-0.3, -0.25) is 4.79 Å². The number of piperidine rings is 1. The monoisotopic (exact) mass is 216 g/mol. The van der Waals surface area contributed by atoms with Crippen molar-refractivity contribution >= 4 is 11.3 Å². The third kappa shape index (κ3) is 1.40. The summed E-state index contributed by atoms with van der Waals surface area (Å²) in [5.41, 5.74) is 1.95. The smallest absolute Gasteiger partial charge is 0.142 e. The zero-order valence-electron chi connectivity index (χ0n) is 8.76. The number of nitrogens with zero attached hydrogens (tertiary/aromatic N) is 3. The van der Waals surface area contributed by atoms with E-state index in [-0.39, 0.29) is 5.92 Å². The maximum absolute atomic E-state index is 11.8. The van der Waals surface area contributed by atoms with Crippen LogP contribution < -0.4 is 5.32 Å². The fourth-order valence-electron chi connectivity index (χ4n) is 2.20. The third-order valence-corrected chi connectivity index (χ3v) is 3.04. The average molecular weight is 216 g/mol. The van der Waals surface area contributed by atoms with E-state index in [2.05, 4.69) is 15.4 Å². The first-order valence-corrected chi connectivity index (χ1v) is 5.37. The number of fused-ring (bicyclic) bond motifs is 1. The summed E-state index contributed by atoms with van der Waals surface area (Å²) in [5.74, 6) is 0.250. The summed E-state index contributed by atoms with van der Waals surface area (Å²) in [6.07, 6.45) is 5.73. The molecule has 16 heavy (non-hydrogen) atoms. The first-order valence-electron chi connectivity index (χ1n) is 5.37. The Morgan fingerprint density at radius 2 is 2.44 bits per heavy atom. The number of carbonyl (C=O) groups excluding carboxylic acids is 1. The van der Waals surface area contributed by atoms with E-state index in [0.29, 0.717) is 18.7 Å². The van der Waals surface area contributed by atoms with Crippen molar-refractivity contribution in [2.24, 2.45) is 0 Å². The highest BCUT2D eigenvalue weighted by Crippen LogP contribution is 2.24. The molecule has 1 unspecified atom stereocenters. The number of hydrogen-bond acceptors (Lipinski definition) is 4. The number of hydrogen-bond donors (Lipinski definition) is 1. The molecule has 0 saturated carbocycles. The predicted molar refractivity (Wildman–Crippen MR) is 58.2 cm³/mol. The average Bonchev–Trinajstić information content (AvgIpc) is 2.74. The van der Waals surface area contributed by atoms with Gasteiger partial charge in [-0.25, -0.2) is 9.50 Å². The van der Waals surface area contributed by atoms with Crippen molar-refractivity contribution in [2.75, 3.05) is 13.1 Å². The maximum atomic E-state index is 11.8. The molecule has 1 aliphatic heterocycles. The Bertz CT molecular complexity index is 534. The molecule has 82 valence electrons. The summed E-state index contributed by atoms with van der Waals surface area (Å²) in [6, 6.07) is 1.96. The van der Waals surface area contributed by atoms with E-state index in [9.17, 15) is 4.79 Å². The molecule has 1 N–H and O–H groups in total. The molecule has 5 heteroatoms. The van der Waals surface area contributed by atoms with Crippen LogP contribution in [0.2, 0.25) is 0 Å². The van der Waals surface area contributed by atoms with Gasteiger partial charge >= 0.3 is 0 Å². The molecule has 0 spiro atoms. The van der Waals surface area contributed by atoms with Crippen LogP contribution in [0, 0.1) is 0 Å². The van der Waals surface area contributed by atoms with Gasteiger partial charge in [0.15, 0.2) is 0 Å². The minimum Gasteiger partial charge on any atom is -0.315 e. The molecule has 0 radical (unpaired) electrons. The molecule has 1 atom stereocenters. The summed E-state index contributed by atoms with van der Waals surface area (Å²) in [6.45, 7) is 1.50. The van der Waals surface area contributed by atoms with Crippen molar-refractivity contribution in [3.8, 4) is 0 Å². The summed E-state index contributed by atoms with van der Waals surface area (Å²) >= 11 is 0. The molecule has 0 amide bonds. The number of rotatable bonds is 1.